The van der Waals surface area contributed by atoms with Gasteiger partial charge in [-0.25, -0.2) is 0 Å². The summed E-state index contributed by atoms with van der Waals surface area (Å²) in [6, 6.07) is 16.6. The number of rotatable bonds is 5. The molecule has 0 aliphatic rings. The average Bonchev–Trinajstić information content (AvgIpc) is 2.45. The van der Waals surface area contributed by atoms with Crippen molar-refractivity contribution >= 4 is 0 Å². The van der Waals surface area contributed by atoms with Crippen molar-refractivity contribution in [3.63, 3.8) is 0 Å². The zero-order chi connectivity index (χ0) is 13.7. The van der Waals surface area contributed by atoms with Crippen LogP contribution in [0.4, 0.5) is 0 Å². The van der Waals surface area contributed by atoms with Crippen molar-refractivity contribution in [2.75, 3.05) is 6.54 Å². The summed E-state index contributed by atoms with van der Waals surface area (Å²) in [6.07, 6.45) is 0. The van der Waals surface area contributed by atoms with Gasteiger partial charge in [-0.05, 0) is 48.2 Å². The number of aryl methyl sites for hydroxylation is 1. The highest BCUT2D eigenvalue weighted by atomic mass is 16.5. The van der Waals surface area contributed by atoms with Crippen molar-refractivity contribution < 1.29 is 4.74 Å². The zero-order valence-electron chi connectivity index (χ0n) is 11.6. The molecule has 0 aliphatic heterocycles. The summed E-state index contributed by atoms with van der Waals surface area (Å²) >= 11 is 0. The molecule has 0 aliphatic carbocycles. The van der Waals surface area contributed by atoms with Crippen LogP contribution < -0.4 is 10.5 Å². The Bertz CT molecular complexity index is 519. The van der Waals surface area contributed by atoms with Crippen molar-refractivity contribution in [3.05, 3.63) is 65.2 Å². The summed E-state index contributed by atoms with van der Waals surface area (Å²) in [5, 5.41) is 0. The third kappa shape index (κ3) is 3.83. The Morgan fingerprint density at radius 3 is 2.47 bits per heavy atom. The van der Waals surface area contributed by atoms with Crippen LogP contribution in [0.5, 0.6) is 5.75 Å². The maximum atomic E-state index is 5.77. The summed E-state index contributed by atoms with van der Waals surface area (Å²) in [4.78, 5) is 0. The fourth-order valence-electron chi connectivity index (χ4n) is 1.95. The normalized spacial score (nSPS) is 12.2. The zero-order valence-corrected chi connectivity index (χ0v) is 11.6. The van der Waals surface area contributed by atoms with Crippen LogP contribution >= 0.6 is 0 Å². The van der Waals surface area contributed by atoms with Gasteiger partial charge in [-0.2, -0.15) is 0 Å². The Hall–Kier alpha value is -1.80. The Kier molecular flexibility index (Phi) is 4.58. The molecule has 2 rings (SSSR count). The van der Waals surface area contributed by atoms with Crippen LogP contribution in [0.25, 0.3) is 0 Å². The van der Waals surface area contributed by atoms with Gasteiger partial charge in [0.25, 0.3) is 0 Å². The second-order valence-electron chi connectivity index (χ2n) is 4.98. The van der Waals surface area contributed by atoms with Crippen LogP contribution in [-0.2, 0) is 6.61 Å². The van der Waals surface area contributed by atoms with Crippen LogP contribution in [0.3, 0.4) is 0 Å². The van der Waals surface area contributed by atoms with Crippen LogP contribution in [0, 0.1) is 6.92 Å². The predicted molar refractivity (Wildman–Crippen MR) is 79.4 cm³/mol. The minimum Gasteiger partial charge on any atom is -0.489 e. The van der Waals surface area contributed by atoms with Crippen molar-refractivity contribution in [2.45, 2.75) is 26.4 Å². The van der Waals surface area contributed by atoms with Gasteiger partial charge in [-0.15, -0.1) is 0 Å². The summed E-state index contributed by atoms with van der Waals surface area (Å²) in [5.41, 5.74) is 9.33. The van der Waals surface area contributed by atoms with Gasteiger partial charge in [0.15, 0.2) is 0 Å². The summed E-state index contributed by atoms with van der Waals surface area (Å²) in [5.74, 6) is 1.33. The molecule has 0 heterocycles. The molecular weight excluding hydrogens is 234 g/mol. The van der Waals surface area contributed by atoms with Gasteiger partial charge in [-0.3, -0.25) is 0 Å². The number of ether oxygens (including phenoxy) is 1. The molecule has 0 aromatic heterocycles. The van der Waals surface area contributed by atoms with Gasteiger partial charge in [0.1, 0.15) is 12.4 Å². The molecule has 19 heavy (non-hydrogen) atoms. The summed E-state index contributed by atoms with van der Waals surface area (Å²) in [6.45, 7) is 5.48. The molecule has 1 atom stereocenters. The molecule has 0 saturated heterocycles. The van der Waals surface area contributed by atoms with E-state index < -0.39 is 0 Å². The lowest BCUT2D eigenvalue weighted by Gasteiger charge is -2.10. The lowest BCUT2D eigenvalue weighted by atomic mass is 10.0. The van der Waals surface area contributed by atoms with Crippen molar-refractivity contribution in [3.8, 4) is 5.75 Å². The third-order valence-corrected chi connectivity index (χ3v) is 3.30. The number of hydrogen-bond donors (Lipinski definition) is 1. The van der Waals surface area contributed by atoms with Crippen LogP contribution in [0.15, 0.2) is 48.5 Å². The number of hydrogen-bond acceptors (Lipinski definition) is 2. The molecule has 0 spiro atoms. The Morgan fingerprint density at radius 1 is 1.11 bits per heavy atom. The number of nitrogens with two attached hydrogens (primary N) is 1. The van der Waals surface area contributed by atoms with Gasteiger partial charge in [-0.1, -0.05) is 43.3 Å². The van der Waals surface area contributed by atoms with Gasteiger partial charge in [0.2, 0.25) is 0 Å². The van der Waals surface area contributed by atoms with Gasteiger partial charge >= 0.3 is 0 Å². The molecule has 0 radical (unpaired) electrons. The van der Waals surface area contributed by atoms with E-state index in [0.29, 0.717) is 19.1 Å². The lowest BCUT2D eigenvalue weighted by molar-refractivity contribution is 0.306. The SMILES string of the molecule is Cc1cccc(OCc2ccc(C(C)CN)cc2)c1. The average molecular weight is 255 g/mol. The maximum absolute atomic E-state index is 5.77. The first-order valence-electron chi connectivity index (χ1n) is 6.67. The first kappa shape index (κ1) is 13.6. The minimum atomic E-state index is 0.409. The molecular formula is C17H21NO. The van der Waals surface area contributed by atoms with E-state index in [1.54, 1.807) is 0 Å². The first-order chi connectivity index (χ1) is 9.19. The standard InChI is InChI=1S/C17H21NO/c1-13-4-3-5-17(10-13)19-12-15-6-8-16(9-7-15)14(2)11-18/h3-10,14H,11-12,18H2,1-2H3. The van der Waals surface area contributed by atoms with Crippen LogP contribution in [0.2, 0.25) is 0 Å². The smallest absolute Gasteiger partial charge is 0.120 e. The molecule has 100 valence electrons. The largest absolute Gasteiger partial charge is 0.489 e. The van der Waals surface area contributed by atoms with Crippen molar-refractivity contribution in [1.29, 1.82) is 0 Å². The Labute approximate surface area is 115 Å². The second-order valence-corrected chi connectivity index (χ2v) is 4.98. The van der Waals surface area contributed by atoms with E-state index >= 15 is 0 Å². The molecule has 2 heteroatoms. The van der Waals surface area contributed by atoms with E-state index in [9.17, 15) is 0 Å². The molecule has 0 amide bonds. The van der Waals surface area contributed by atoms with E-state index in [2.05, 4.69) is 44.2 Å². The summed E-state index contributed by atoms with van der Waals surface area (Å²) in [7, 11) is 0. The van der Waals surface area contributed by atoms with Crippen molar-refractivity contribution in [2.24, 2.45) is 5.73 Å². The monoisotopic (exact) mass is 255 g/mol. The molecule has 2 nitrogen and oxygen atoms in total. The number of benzene rings is 2. The van der Waals surface area contributed by atoms with E-state index in [1.807, 2.05) is 18.2 Å². The molecule has 2 aromatic rings. The van der Waals surface area contributed by atoms with Crippen LogP contribution in [0.1, 0.15) is 29.5 Å². The Morgan fingerprint density at radius 2 is 1.84 bits per heavy atom. The topological polar surface area (TPSA) is 35.2 Å². The second kappa shape index (κ2) is 6.39. The predicted octanol–water partition coefficient (Wildman–Crippen LogP) is 3.64. The van der Waals surface area contributed by atoms with Crippen LogP contribution in [-0.4, -0.2) is 6.54 Å². The summed E-state index contributed by atoms with van der Waals surface area (Å²) < 4.78 is 5.77. The van der Waals surface area contributed by atoms with E-state index in [0.717, 1.165) is 5.75 Å². The highest BCUT2D eigenvalue weighted by Crippen LogP contribution is 2.17. The third-order valence-electron chi connectivity index (χ3n) is 3.30. The highest BCUT2D eigenvalue weighted by Gasteiger charge is 2.03. The molecule has 0 saturated carbocycles. The molecule has 2 N–H and O–H groups in total. The van der Waals surface area contributed by atoms with Gasteiger partial charge < -0.3 is 10.5 Å². The minimum absolute atomic E-state index is 0.409. The van der Waals surface area contributed by atoms with E-state index in [1.165, 1.54) is 16.7 Å². The fraction of sp³-hybridized carbons (Fsp3) is 0.294. The quantitative estimate of drug-likeness (QED) is 0.885. The van der Waals surface area contributed by atoms with Crippen molar-refractivity contribution in [1.82, 2.24) is 0 Å². The molecule has 0 fully saturated rings. The van der Waals surface area contributed by atoms with E-state index in [4.69, 9.17) is 10.5 Å². The van der Waals surface area contributed by atoms with Gasteiger partial charge in [0.05, 0.1) is 0 Å². The Balaban J connectivity index is 1.96. The van der Waals surface area contributed by atoms with E-state index in [-0.39, 0.29) is 0 Å². The maximum Gasteiger partial charge on any atom is 0.120 e. The molecule has 2 aromatic carbocycles. The first-order valence-corrected chi connectivity index (χ1v) is 6.67. The van der Waals surface area contributed by atoms with Gasteiger partial charge in [0, 0.05) is 0 Å². The molecule has 0 bridgehead atoms. The lowest BCUT2D eigenvalue weighted by Crippen LogP contribution is -2.08. The molecule has 1 unspecified atom stereocenters. The fourth-order valence-corrected chi connectivity index (χ4v) is 1.95. The highest BCUT2D eigenvalue weighted by molar-refractivity contribution is 5.29.